The molecule has 2 heterocycles. The van der Waals surface area contributed by atoms with E-state index >= 15 is 0 Å². The van der Waals surface area contributed by atoms with E-state index in [9.17, 15) is 9.18 Å². The highest BCUT2D eigenvalue weighted by Crippen LogP contribution is 2.34. The predicted octanol–water partition coefficient (Wildman–Crippen LogP) is 5.03. The van der Waals surface area contributed by atoms with Gasteiger partial charge in [0.25, 0.3) is 5.91 Å². The van der Waals surface area contributed by atoms with E-state index in [2.05, 4.69) is 10.2 Å². The molecule has 29 heavy (non-hydrogen) atoms. The number of halogens is 2. The zero-order valence-electron chi connectivity index (χ0n) is 15.8. The Morgan fingerprint density at radius 1 is 1.24 bits per heavy atom. The first kappa shape index (κ1) is 19.8. The summed E-state index contributed by atoms with van der Waals surface area (Å²) in [6, 6.07) is 11.6. The second-order valence-electron chi connectivity index (χ2n) is 6.89. The number of rotatable bonds is 4. The van der Waals surface area contributed by atoms with Crippen LogP contribution < -0.4 is 4.74 Å². The minimum atomic E-state index is -0.456. The Hall–Kier alpha value is -2.51. The van der Waals surface area contributed by atoms with E-state index in [1.807, 2.05) is 24.3 Å². The first-order chi connectivity index (χ1) is 14.0. The molecule has 1 saturated heterocycles. The monoisotopic (exact) mass is 431 g/mol. The average Bonchev–Trinajstić information content (AvgIpc) is 3.24. The SMILES string of the molecule is COc1ccc(-c2nnc(C3CCCN(C(=O)c4ccc(F)cc4Cl)C3)s2)cc1. The number of likely N-dealkylation sites (tertiary alicyclic amines) is 1. The summed E-state index contributed by atoms with van der Waals surface area (Å²) in [5.41, 5.74) is 1.31. The number of piperidine rings is 1. The van der Waals surface area contributed by atoms with Gasteiger partial charge in [0.1, 0.15) is 21.6 Å². The van der Waals surface area contributed by atoms with Gasteiger partial charge in [0.2, 0.25) is 0 Å². The van der Waals surface area contributed by atoms with Crippen molar-refractivity contribution < 1.29 is 13.9 Å². The van der Waals surface area contributed by atoms with Gasteiger partial charge >= 0.3 is 0 Å². The predicted molar refractivity (Wildman–Crippen MR) is 111 cm³/mol. The lowest BCUT2D eigenvalue weighted by Crippen LogP contribution is -2.39. The number of nitrogens with zero attached hydrogens (tertiary/aromatic N) is 3. The van der Waals surface area contributed by atoms with Crippen LogP contribution in [-0.4, -0.2) is 41.2 Å². The van der Waals surface area contributed by atoms with Crippen molar-refractivity contribution in [2.45, 2.75) is 18.8 Å². The lowest BCUT2D eigenvalue weighted by Gasteiger charge is -2.31. The third-order valence-corrected chi connectivity index (χ3v) is 6.44. The molecule has 0 saturated carbocycles. The minimum Gasteiger partial charge on any atom is -0.497 e. The fraction of sp³-hybridized carbons (Fsp3) is 0.286. The molecule has 2 aromatic carbocycles. The summed E-state index contributed by atoms with van der Waals surface area (Å²) >= 11 is 7.62. The maximum absolute atomic E-state index is 13.3. The second-order valence-corrected chi connectivity index (χ2v) is 8.30. The molecule has 1 aliphatic rings. The van der Waals surface area contributed by atoms with Crippen LogP contribution in [-0.2, 0) is 0 Å². The molecule has 1 fully saturated rings. The van der Waals surface area contributed by atoms with Crippen LogP contribution in [0.5, 0.6) is 5.75 Å². The highest BCUT2D eigenvalue weighted by molar-refractivity contribution is 7.14. The molecule has 1 aliphatic heterocycles. The van der Waals surface area contributed by atoms with Gasteiger partial charge in [0, 0.05) is 24.6 Å². The molecule has 1 unspecified atom stereocenters. The highest BCUT2D eigenvalue weighted by Gasteiger charge is 2.29. The largest absolute Gasteiger partial charge is 0.497 e. The number of hydrogen-bond acceptors (Lipinski definition) is 5. The van der Waals surface area contributed by atoms with Gasteiger partial charge in [0.05, 0.1) is 17.7 Å². The van der Waals surface area contributed by atoms with Gasteiger partial charge in [-0.1, -0.05) is 22.9 Å². The Bertz CT molecular complexity index is 1030. The molecular formula is C21H19ClFN3O2S. The zero-order valence-corrected chi connectivity index (χ0v) is 17.3. The van der Waals surface area contributed by atoms with E-state index in [-0.39, 0.29) is 16.8 Å². The van der Waals surface area contributed by atoms with Crippen LogP contribution in [0.2, 0.25) is 5.02 Å². The van der Waals surface area contributed by atoms with E-state index in [4.69, 9.17) is 16.3 Å². The minimum absolute atomic E-state index is 0.122. The van der Waals surface area contributed by atoms with E-state index in [1.165, 1.54) is 18.2 Å². The van der Waals surface area contributed by atoms with E-state index in [1.54, 1.807) is 23.3 Å². The van der Waals surface area contributed by atoms with Gasteiger partial charge in [-0.05, 0) is 55.3 Å². The normalized spacial score (nSPS) is 16.7. The van der Waals surface area contributed by atoms with Crippen molar-refractivity contribution in [3.05, 3.63) is 63.9 Å². The Morgan fingerprint density at radius 2 is 2.03 bits per heavy atom. The van der Waals surface area contributed by atoms with Crippen molar-refractivity contribution >= 4 is 28.8 Å². The lowest BCUT2D eigenvalue weighted by molar-refractivity contribution is 0.0707. The molecule has 1 atom stereocenters. The van der Waals surface area contributed by atoms with Gasteiger partial charge in [-0.2, -0.15) is 0 Å². The van der Waals surface area contributed by atoms with Crippen LogP contribution in [0.4, 0.5) is 4.39 Å². The summed E-state index contributed by atoms with van der Waals surface area (Å²) in [6.07, 6.45) is 1.81. The van der Waals surface area contributed by atoms with Crippen molar-refractivity contribution in [1.82, 2.24) is 15.1 Å². The highest BCUT2D eigenvalue weighted by atomic mass is 35.5. The summed E-state index contributed by atoms with van der Waals surface area (Å²) in [6.45, 7) is 1.19. The van der Waals surface area contributed by atoms with Gasteiger partial charge in [-0.25, -0.2) is 4.39 Å². The maximum Gasteiger partial charge on any atom is 0.255 e. The average molecular weight is 432 g/mol. The molecule has 5 nitrogen and oxygen atoms in total. The van der Waals surface area contributed by atoms with Crippen LogP contribution in [0.3, 0.4) is 0 Å². The summed E-state index contributed by atoms with van der Waals surface area (Å²) in [5.74, 6) is 0.276. The van der Waals surface area contributed by atoms with Crippen molar-refractivity contribution in [2.75, 3.05) is 20.2 Å². The topological polar surface area (TPSA) is 55.3 Å². The van der Waals surface area contributed by atoms with E-state index in [0.717, 1.165) is 34.2 Å². The van der Waals surface area contributed by atoms with E-state index < -0.39 is 5.82 Å². The van der Waals surface area contributed by atoms with Gasteiger partial charge in [0.15, 0.2) is 0 Å². The number of carbonyl (C=O) groups excluding carboxylic acids is 1. The number of benzene rings is 2. The van der Waals surface area contributed by atoms with Crippen molar-refractivity contribution in [3.8, 4) is 16.3 Å². The molecule has 4 rings (SSSR count). The van der Waals surface area contributed by atoms with Crippen LogP contribution >= 0.6 is 22.9 Å². The third kappa shape index (κ3) is 4.26. The van der Waals surface area contributed by atoms with E-state index in [0.29, 0.717) is 18.7 Å². The standard InChI is InChI=1S/C21H19ClFN3O2S/c1-28-16-7-4-13(5-8-16)19-24-25-20(29-19)14-3-2-10-26(12-14)21(27)17-9-6-15(23)11-18(17)22/h4-9,11,14H,2-3,10,12H2,1H3. The third-order valence-electron chi connectivity index (χ3n) is 5.00. The van der Waals surface area contributed by atoms with Crippen molar-refractivity contribution in [2.24, 2.45) is 0 Å². The number of methoxy groups -OCH3 is 1. The smallest absolute Gasteiger partial charge is 0.255 e. The molecule has 3 aromatic rings. The Kier molecular flexibility index (Phi) is 5.78. The molecule has 0 bridgehead atoms. The molecule has 150 valence electrons. The zero-order chi connectivity index (χ0) is 20.4. The fourth-order valence-corrected chi connectivity index (χ4v) is 4.67. The summed E-state index contributed by atoms with van der Waals surface area (Å²) in [5, 5.41) is 10.6. The lowest BCUT2D eigenvalue weighted by atomic mass is 9.98. The van der Waals surface area contributed by atoms with Crippen LogP contribution in [0.15, 0.2) is 42.5 Å². The molecule has 1 aromatic heterocycles. The Labute approximate surface area is 177 Å². The second kappa shape index (κ2) is 8.47. The van der Waals surface area contributed by atoms with Crippen LogP contribution in [0, 0.1) is 5.82 Å². The molecular weight excluding hydrogens is 413 g/mol. The van der Waals surface area contributed by atoms with Crippen molar-refractivity contribution in [1.29, 1.82) is 0 Å². The number of ether oxygens (including phenoxy) is 1. The van der Waals surface area contributed by atoms with Crippen molar-refractivity contribution in [3.63, 3.8) is 0 Å². The molecule has 0 spiro atoms. The summed E-state index contributed by atoms with van der Waals surface area (Å²) in [7, 11) is 1.63. The maximum atomic E-state index is 13.3. The van der Waals surface area contributed by atoms with Crippen LogP contribution in [0.1, 0.15) is 34.1 Å². The molecule has 1 amide bonds. The van der Waals surface area contributed by atoms with Gasteiger partial charge in [-0.3, -0.25) is 4.79 Å². The molecule has 0 radical (unpaired) electrons. The van der Waals surface area contributed by atoms with Crippen LogP contribution in [0.25, 0.3) is 10.6 Å². The quantitative estimate of drug-likeness (QED) is 0.581. The van der Waals surface area contributed by atoms with Gasteiger partial charge < -0.3 is 9.64 Å². The fourth-order valence-electron chi connectivity index (χ4n) is 3.45. The number of aromatic nitrogens is 2. The Balaban J connectivity index is 1.50. The first-order valence-electron chi connectivity index (χ1n) is 9.27. The summed E-state index contributed by atoms with van der Waals surface area (Å²) in [4.78, 5) is 14.6. The molecule has 8 heteroatoms. The van der Waals surface area contributed by atoms with Gasteiger partial charge in [-0.15, -0.1) is 10.2 Å². The first-order valence-corrected chi connectivity index (χ1v) is 10.5. The molecule has 0 aliphatic carbocycles. The number of hydrogen-bond donors (Lipinski definition) is 0. The summed E-state index contributed by atoms with van der Waals surface area (Å²) < 4.78 is 18.5. The number of carbonyl (C=O) groups is 1. The number of amides is 1. The Morgan fingerprint density at radius 3 is 2.76 bits per heavy atom. The molecule has 0 N–H and O–H groups in total.